The van der Waals surface area contributed by atoms with Crippen molar-refractivity contribution >= 4 is 11.8 Å². The van der Waals surface area contributed by atoms with Gasteiger partial charge in [0.1, 0.15) is 23.7 Å². The lowest BCUT2D eigenvalue weighted by atomic mass is 10.0. The summed E-state index contributed by atoms with van der Waals surface area (Å²) in [4.78, 5) is 51.5. The Morgan fingerprint density at radius 1 is 0.615 bits per heavy atom. The van der Waals surface area contributed by atoms with Crippen molar-refractivity contribution in [1.82, 2.24) is 39.5 Å². The Labute approximate surface area is 308 Å². The smallest absolute Gasteiger partial charge is 0.244 e. The molecule has 5 rings (SSSR count). The molecule has 2 N–H and O–H groups in total. The highest BCUT2D eigenvalue weighted by molar-refractivity contribution is 5.84. The van der Waals surface area contributed by atoms with Gasteiger partial charge in [-0.05, 0) is 76.1 Å². The minimum Gasteiger partial charge on any atom is -0.344 e. The van der Waals surface area contributed by atoms with Crippen LogP contribution in [0.5, 0.6) is 0 Å². The summed E-state index contributed by atoms with van der Waals surface area (Å²) in [6, 6.07) is 27.7. The van der Waals surface area contributed by atoms with Crippen LogP contribution in [-0.2, 0) is 35.5 Å². The molecule has 0 saturated heterocycles. The Hall–Kier alpha value is -5.06. The zero-order valence-electron chi connectivity index (χ0n) is 31.5. The largest absolute Gasteiger partial charge is 0.344 e. The van der Waals surface area contributed by atoms with E-state index in [1.807, 2.05) is 121 Å². The lowest BCUT2D eigenvalue weighted by molar-refractivity contribution is -0.138. The monoisotopic (exact) mass is 702 g/mol. The van der Waals surface area contributed by atoms with Gasteiger partial charge in [-0.1, -0.05) is 98.8 Å². The van der Waals surface area contributed by atoms with Gasteiger partial charge in [0.25, 0.3) is 0 Å². The van der Waals surface area contributed by atoms with E-state index in [2.05, 4.69) is 58.0 Å². The van der Waals surface area contributed by atoms with E-state index in [4.69, 9.17) is 0 Å². The summed E-state index contributed by atoms with van der Waals surface area (Å²) in [5.74, 6) is 1.70. The van der Waals surface area contributed by atoms with E-state index < -0.39 is 0 Å². The fourth-order valence-electron chi connectivity index (χ4n) is 6.71. The lowest BCUT2D eigenvalue weighted by Crippen LogP contribution is -2.40. The van der Waals surface area contributed by atoms with Gasteiger partial charge in [-0.15, -0.1) is 0 Å². The van der Waals surface area contributed by atoms with Crippen molar-refractivity contribution in [2.24, 2.45) is 0 Å². The predicted octanol–water partition coefficient (Wildman–Crippen LogP) is 6.67. The fraction of sp³-hybridized carbons (Fsp3) is 0.381. The number of H-pyrrole nitrogens is 2. The Balaban J connectivity index is 1.18. The van der Waals surface area contributed by atoms with Gasteiger partial charge < -0.3 is 19.8 Å². The topological polar surface area (TPSA) is 104 Å². The quantitative estimate of drug-likeness (QED) is 0.106. The number of nitrogens with zero attached hydrogens (tertiary/aromatic N) is 6. The van der Waals surface area contributed by atoms with E-state index in [0.29, 0.717) is 26.2 Å². The maximum absolute atomic E-state index is 13.8. The molecule has 10 nitrogen and oxygen atoms in total. The number of hydrogen-bond acceptors (Lipinski definition) is 6. The molecule has 0 aliphatic heterocycles. The van der Waals surface area contributed by atoms with Crippen molar-refractivity contribution in [3.63, 3.8) is 0 Å². The van der Waals surface area contributed by atoms with Crippen LogP contribution in [0.3, 0.4) is 0 Å². The summed E-state index contributed by atoms with van der Waals surface area (Å²) in [5.41, 5.74) is 6.20. The van der Waals surface area contributed by atoms with Gasteiger partial charge in [-0.3, -0.25) is 19.4 Å². The Bertz CT molecular complexity index is 1830. The number of hydrogen-bond donors (Lipinski definition) is 2. The SMILES string of the molecule is CCCN(Cc1ncc(CCc2ccc(-c3cnc(CN(CCC)C(=O)[C@@H](c4ccccc4)N(C)C)[nH]3)cc2)[nH]1)C(=O)[C@@H](c1ccccc1)N(C)C. The highest BCUT2D eigenvalue weighted by Gasteiger charge is 2.29. The second kappa shape index (κ2) is 18.4. The molecule has 2 heterocycles. The molecule has 10 heteroatoms. The molecule has 0 aliphatic rings. The standard InChI is InChI=1S/C42H54N8O2/c1-7-25-49(41(51)39(47(3)4)33-15-11-9-12-16-33)29-37-43-27-35(45-37)24-21-31-19-22-32(23-20-31)36-28-44-38(46-36)30-50(26-8-2)42(52)40(48(5)6)34-17-13-10-14-18-34/h9-20,22-23,27-28,39-40H,7-8,21,24-26,29-30H2,1-6H3,(H,43,45)(H,44,46)/t39-,40-/m1/s1. The number of imidazole rings is 2. The van der Waals surface area contributed by atoms with Crippen molar-refractivity contribution in [3.8, 4) is 11.3 Å². The third-order valence-corrected chi connectivity index (χ3v) is 9.28. The average molecular weight is 703 g/mol. The summed E-state index contributed by atoms with van der Waals surface area (Å²) in [6.45, 7) is 6.36. The molecule has 274 valence electrons. The summed E-state index contributed by atoms with van der Waals surface area (Å²) < 4.78 is 0. The molecule has 0 unspecified atom stereocenters. The molecule has 0 saturated carbocycles. The first-order valence-electron chi connectivity index (χ1n) is 18.3. The van der Waals surface area contributed by atoms with Gasteiger partial charge >= 0.3 is 0 Å². The van der Waals surface area contributed by atoms with Crippen LogP contribution < -0.4 is 0 Å². The molecule has 0 radical (unpaired) electrons. The summed E-state index contributed by atoms with van der Waals surface area (Å²) in [6.07, 6.45) is 7.13. The molecule has 52 heavy (non-hydrogen) atoms. The molecule has 5 aromatic rings. The van der Waals surface area contributed by atoms with E-state index in [1.54, 1.807) is 0 Å². The van der Waals surface area contributed by atoms with Gasteiger partial charge in [0.2, 0.25) is 11.8 Å². The molecule has 2 atom stereocenters. The normalized spacial score (nSPS) is 12.6. The van der Waals surface area contributed by atoms with Crippen molar-refractivity contribution in [2.75, 3.05) is 41.3 Å². The first-order chi connectivity index (χ1) is 25.2. The maximum atomic E-state index is 13.8. The number of nitrogens with one attached hydrogen (secondary N) is 2. The molecule has 2 aromatic heterocycles. The van der Waals surface area contributed by atoms with Crippen LogP contribution in [0.2, 0.25) is 0 Å². The summed E-state index contributed by atoms with van der Waals surface area (Å²) in [7, 11) is 7.78. The highest BCUT2D eigenvalue weighted by Crippen LogP contribution is 2.25. The molecule has 2 amide bonds. The molecular weight excluding hydrogens is 649 g/mol. The first-order valence-corrected chi connectivity index (χ1v) is 18.3. The second-order valence-corrected chi connectivity index (χ2v) is 13.9. The van der Waals surface area contributed by atoms with E-state index in [9.17, 15) is 9.59 Å². The predicted molar refractivity (Wildman–Crippen MR) is 207 cm³/mol. The van der Waals surface area contributed by atoms with Crippen LogP contribution in [0.4, 0.5) is 0 Å². The Morgan fingerprint density at radius 3 is 1.58 bits per heavy atom. The Morgan fingerprint density at radius 2 is 1.10 bits per heavy atom. The number of aryl methyl sites for hydroxylation is 2. The molecular formula is C42H54N8O2. The average Bonchev–Trinajstić information content (AvgIpc) is 3.81. The number of carbonyl (C=O) groups excluding carboxylic acids is 2. The molecule has 3 aromatic carbocycles. The van der Waals surface area contributed by atoms with Gasteiger partial charge in [0.15, 0.2) is 0 Å². The maximum Gasteiger partial charge on any atom is 0.244 e. The van der Waals surface area contributed by atoms with Crippen LogP contribution in [0.15, 0.2) is 97.3 Å². The van der Waals surface area contributed by atoms with E-state index in [-0.39, 0.29) is 23.9 Å². The van der Waals surface area contributed by atoms with Crippen LogP contribution in [0.25, 0.3) is 11.3 Å². The third kappa shape index (κ3) is 9.83. The molecule has 0 bridgehead atoms. The van der Waals surface area contributed by atoms with Crippen LogP contribution >= 0.6 is 0 Å². The second-order valence-electron chi connectivity index (χ2n) is 13.9. The zero-order chi connectivity index (χ0) is 37.0. The van der Waals surface area contributed by atoms with Gasteiger partial charge in [-0.2, -0.15) is 0 Å². The zero-order valence-corrected chi connectivity index (χ0v) is 31.5. The van der Waals surface area contributed by atoms with Gasteiger partial charge in [0, 0.05) is 25.0 Å². The van der Waals surface area contributed by atoms with Crippen LogP contribution in [0.1, 0.15) is 72.8 Å². The number of aromatic nitrogens is 4. The van der Waals surface area contributed by atoms with Crippen molar-refractivity contribution in [1.29, 1.82) is 0 Å². The van der Waals surface area contributed by atoms with Crippen LogP contribution in [-0.4, -0.2) is 92.6 Å². The van der Waals surface area contributed by atoms with E-state index in [0.717, 1.165) is 65.4 Å². The molecule has 0 aliphatic carbocycles. The third-order valence-electron chi connectivity index (χ3n) is 9.28. The van der Waals surface area contributed by atoms with Crippen molar-refractivity contribution in [2.45, 2.75) is 64.7 Å². The fourth-order valence-corrected chi connectivity index (χ4v) is 6.71. The van der Waals surface area contributed by atoms with Gasteiger partial charge in [-0.25, -0.2) is 9.97 Å². The summed E-state index contributed by atoms with van der Waals surface area (Å²) in [5, 5.41) is 0. The lowest BCUT2D eigenvalue weighted by Gasteiger charge is -2.30. The minimum atomic E-state index is -0.358. The van der Waals surface area contributed by atoms with Crippen LogP contribution in [0, 0.1) is 0 Å². The first kappa shape index (κ1) is 38.2. The number of amides is 2. The number of aromatic amines is 2. The minimum absolute atomic E-state index is 0.0672. The Kier molecular flexibility index (Phi) is 13.5. The van der Waals surface area contributed by atoms with E-state index >= 15 is 0 Å². The number of carbonyl (C=O) groups is 2. The molecule has 0 fully saturated rings. The molecule has 0 spiro atoms. The van der Waals surface area contributed by atoms with E-state index in [1.165, 1.54) is 5.56 Å². The van der Waals surface area contributed by atoms with Crippen molar-refractivity contribution < 1.29 is 9.59 Å². The van der Waals surface area contributed by atoms with Gasteiger partial charge in [0.05, 0.1) is 25.0 Å². The number of likely N-dealkylation sites (N-methyl/N-ethyl adjacent to an activating group) is 2. The van der Waals surface area contributed by atoms with Crippen molar-refractivity contribution in [3.05, 3.63) is 131 Å². The summed E-state index contributed by atoms with van der Waals surface area (Å²) >= 11 is 0. The number of rotatable bonds is 18. The highest BCUT2D eigenvalue weighted by atomic mass is 16.2. The number of benzene rings is 3.